The molecule has 1 saturated heterocycles. The Morgan fingerprint density at radius 2 is 2.04 bits per heavy atom. The first-order valence-corrected chi connectivity index (χ1v) is 8.44. The summed E-state index contributed by atoms with van der Waals surface area (Å²) in [6.45, 7) is 5.20. The molecule has 5 heteroatoms. The molecule has 0 unspecified atom stereocenters. The second-order valence-corrected chi connectivity index (χ2v) is 6.08. The monoisotopic (exact) mass is 325 g/mol. The van der Waals surface area contributed by atoms with Gasteiger partial charge in [-0.25, -0.2) is 4.98 Å². The molecule has 1 aromatic carbocycles. The van der Waals surface area contributed by atoms with Crippen molar-refractivity contribution in [1.29, 1.82) is 0 Å². The molecule has 126 valence electrons. The lowest BCUT2D eigenvalue weighted by molar-refractivity contribution is 0.0310. The van der Waals surface area contributed by atoms with Crippen molar-refractivity contribution >= 4 is 5.91 Å². The standard InChI is InChI=1S/C19H23N3O2/c1-3-24-18-9-10-22(17(18)11-15-7-5-4-6-8-15)19(23)16-13-20-14(2)12-21-16/h4-8,12-13,17-18H,3,9-11H2,1-2H3/t17-,18-/m1/s1. The number of likely N-dealkylation sites (tertiary alicyclic amines) is 1. The van der Waals surface area contributed by atoms with Crippen LogP contribution in [0.15, 0.2) is 42.7 Å². The van der Waals surface area contributed by atoms with E-state index in [0.717, 1.165) is 18.5 Å². The van der Waals surface area contributed by atoms with Crippen molar-refractivity contribution in [3.63, 3.8) is 0 Å². The van der Waals surface area contributed by atoms with Crippen molar-refractivity contribution in [2.75, 3.05) is 13.2 Å². The van der Waals surface area contributed by atoms with Crippen LogP contribution in [0.25, 0.3) is 0 Å². The van der Waals surface area contributed by atoms with Crippen LogP contribution in [0.2, 0.25) is 0 Å². The highest BCUT2D eigenvalue weighted by molar-refractivity contribution is 5.92. The van der Waals surface area contributed by atoms with Crippen molar-refractivity contribution in [1.82, 2.24) is 14.9 Å². The molecule has 24 heavy (non-hydrogen) atoms. The molecule has 0 saturated carbocycles. The number of benzene rings is 1. The van der Waals surface area contributed by atoms with Gasteiger partial charge in [0.05, 0.1) is 24.0 Å². The first kappa shape index (κ1) is 16.6. The van der Waals surface area contributed by atoms with E-state index in [1.54, 1.807) is 12.4 Å². The summed E-state index contributed by atoms with van der Waals surface area (Å²) in [5.41, 5.74) is 2.42. The third-order valence-corrected chi connectivity index (χ3v) is 4.41. The van der Waals surface area contributed by atoms with Gasteiger partial charge in [0.1, 0.15) is 5.69 Å². The van der Waals surface area contributed by atoms with Crippen LogP contribution in [0.1, 0.15) is 35.1 Å². The molecule has 1 aliphatic rings. The van der Waals surface area contributed by atoms with Crippen LogP contribution >= 0.6 is 0 Å². The maximum Gasteiger partial charge on any atom is 0.274 e. The van der Waals surface area contributed by atoms with E-state index < -0.39 is 0 Å². The average Bonchev–Trinajstić information content (AvgIpc) is 2.99. The van der Waals surface area contributed by atoms with E-state index in [2.05, 4.69) is 22.1 Å². The zero-order chi connectivity index (χ0) is 16.9. The first-order valence-electron chi connectivity index (χ1n) is 8.44. The zero-order valence-electron chi connectivity index (χ0n) is 14.2. The maximum atomic E-state index is 12.9. The van der Waals surface area contributed by atoms with Gasteiger partial charge in [-0.3, -0.25) is 9.78 Å². The van der Waals surface area contributed by atoms with Crippen LogP contribution in [0.4, 0.5) is 0 Å². The van der Waals surface area contributed by atoms with Gasteiger partial charge in [-0.2, -0.15) is 0 Å². The SMILES string of the molecule is CCO[C@@H]1CCN(C(=O)c2cnc(C)cn2)[C@@H]1Cc1ccccc1. The summed E-state index contributed by atoms with van der Waals surface area (Å²) in [5, 5.41) is 0. The fraction of sp³-hybridized carbons (Fsp3) is 0.421. The number of amides is 1. The van der Waals surface area contributed by atoms with Crippen LogP contribution in [-0.2, 0) is 11.2 Å². The van der Waals surface area contributed by atoms with E-state index in [-0.39, 0.29) is 18.1 Å². The van der Waals surface area contributed by atoms with Crippen molar-refractivity contribution in [3.05, 3.63) is 59.7 Å². The van der Waals surface area contributed by atoms with Crippen LogP contribution in [0.5, 0.6) is 0 Å². The molecule has 0 N–H and O–H groups in total. The predicted molar refractivity (Wildman–Crippen MR) is 91.8 cm³/mol. The number of aromatic nitrogens is 2. The van der Waals surface area contributed by atoms with Crippen LogP contribution in [0, 0.1) is 6.92 Å². The summed E-state index contributed by atoms with van der Waals surface area (Å²) >= 11 is 0. The van der Waals surface area contributed by atoms with E-state index in [4.69, 9.17) is 4.74 Å². The lowest BCUT2D eigenvalue weighted by Gasteiger charge is -2.28. The highest BCUT2D eigenvalue weighted by atomic mass is 16.5. The summed E-state index contributed by atoms with van der Waals surface area (Å²) < 4.78 is 5.89. The number of hydrogen-bond acceptors (Lipinski definition) is 4. The number of hydrogen-bond donors (Lipinski definition) is 0. The molecule has 2 aromatic rings. The van der Waals surface area contributed by atoms with E-state index in [0.29, 0.717) is 18.8 Å². The molecule has 1 fully saturated rings. The van der Waals surface area contributed by atoms with E-state index in [1.807, 2.05) is 36.9 Å². The van der Waals surface area contributed by atoms with Gasteiger partial charge < -0.3 is 9.64 Å². The molecular formula is C19H23N3O2. The Hall–Kier alpha value is -2.27. The molecule has 0 radical (unpaired) electrons. The molecule has 2 heterocycles. The third-order valence-electron chi connectivity index (χ3n) is 4.41. The predicted octanol–water partition coefficient (Wildman–Crippen LogP) is 2.65. The van der Waals surface area contributed by atoms with Crippen LogP contribution in [-0.4, -0.2) is 46.1 Å². The Labute approximate surface area is 142 Å². The van der Waals surface area contributed by atoms with Crippen molar-refractivity contribution in [2.24, 2.45) is 0 Å². The molecule has 0 spiro atoms. The van der Waals surface area contributed by atoms with Gasteiger partial charge >= 0.3 is 0 Å². The molecule has 0 bridgehead atoms. The number of nitrogens with zero attached hydrogens (tertiary/aromatic N) is 3. The summed E-state index contributed by atoms with van der Waals surface area (Å²) in [5.74, 6) is -0.0642. The topological polar surface area (TPSA) is 55.3 Å². The van der Waals surface area contributed by atoms with Gasteiger partial charge in [-0.1, -0.05) is 30.3 Å². The van der Waals surface area contributed by atoms with Gasteiger partial charge in [-0.05, 0) is 32.3 Å². The first-order chi connectivity index (χ1) is 11.7. The van der Waals surface area contributed by atoms with Gasteiger partial charge in [-0.15, -0.1) is 0 Å². The van der Waals surface area contributed by atoms with Gasteiger partial charge in [0.2, 0.25) is 0 Å². The highest BCUT2D eigenvalue weighted by Gasteiger charge is 2.38. The number of ether oxygens (including phenoxy) is 1. The lowest BCUT2D eigenvalue weighted by Crippen LogP contribution is -2.42. The number of carbonyl (C=O) groups excluding carboxylic acids is 1. The smallest absolute Gasteiger partial charge is 0.274 e. The van der Waals surface area contributed by atoms with Crippen molar-refractivity contribution in [2.45, 2.75) is 38.8 Å². The summed E-state index contributed by atoms with van der Waals surface area (Å²) in [7, 11) is 0. The summed E-state index contributed by atoms with van der Waals surface area (Å²) in [4.78, 5) is 23.2. The Morgan fingerprint density at radius 1 is 1.25 bits per heavy atom. The minimum Gasteiger partial charge on any atom is -0.376 e. The molecule has 3 rings (SSSR count). The van der Waals surface area contributed by atoms with Crippen LogP contribution < -0.4 is 0 Å². The van der Waals surface area contributed by atoms with Gasteiger partial charge in [0.15, 0.2) is 0 Å². The molecular weight excluding hydrogens is 302 g/mol. The number of aryl methyl sites for hydroxylation is 1. The number of rotatable bonds is 5. The minimum absolute atomic E-state index is 0.0305. The third kappa shape index (κ3) is 3.62. The van der Waals surface area contributed by atoms with E-state index in [9.17, 15) is 4.79 Å². The van der Waals surface area contributed by atoms with Crippen molar-refractivity contribution < 1.29 is 9.53 Å². The quantitative estimate of drug-likeness (QED) is 0.848. The van der Waals surface area contributed by atoms with E-state index >= 15 is 0 Å². The van der Waals surface area contributed by atoms with Gasteiger partial charge in [0, 0.05) is 19.3 Å². The summed E-state index contributed by atoms with van der Waals surface area (Å²) in [6.07, 6.45) is 4.91. The molecule has 1 aromatic heterocycles. The average molecular weight is 325 g/mol. The Balaban J connectivity index is 1.81. The zero-order valence-corrected chi connectivity index (χ0v) is 14.2. The maximum absolute atomic E-state index is 12.9. The largest absolute Gasteiger partial charge is 0.376 e. The second kappa shape index (κ2) is 7.53. The Kier molecular flexibility index (Phi) is 5.20. The molecule has 0 aliphatic carbocycles. The molecule has 5 nitrogen and oxygen atoms in total. The Morgan fingerprint density at radius 3 is 2.71 bits per heavy atom. The number of carbonyl (C=O) groups is 1. The second-order valence-electron chi connectivity index (χ2n) is 6.08. The fourth-order valence-electron chi connectivity index (χ4n) is 3.23. The highest BCUT2D eigenvalue weighted by Crippen LogP contribution is 2.26. The molecule has 1 aliphatic heterocycles. The van der Waals surface area contributed by atoms with E-state index in [1.165, 1.54) is 5.56 Å². The summed E-state index contributed by atoms with van der Waals surface area (Å²) in [6, 6.07) is 10.3. The Bertz CT molecular complexity index is 673. The van der Waals surface area contributed by atoms with Crippen molar-refractivity contribution in [3.8, 4) is 0 Å². The normalized spacial score (nSPS) is 20.3. The van der Waals surface area contributed by atoms with Crippen LogP contribution in [0.3, 0.4) is 0 Å². The molecule has 1 amide bonds. The minimum atomic E-state index is -0.0642. The van der Waals surface area contributed by atoms with Gasteiger partial charge in [0.25, 0.3) is 5.91 Å². The molecule has 2 atom stereocenters. The lowest BCUT2D eigenvalue weighted by atomic mass is 10.0. The fourth-order valence-corrected chi connectivity index (χ4v) is 3.23.